The van der Waals surface area contributed by atoms with Gasteiger partial charge in [-0.2, -0.15) is 0 Å². The summed E-state index contributed by atoms with van der Waals surface area (Å²) in [6, 6.07) is 16.2. The van der Waals surface area contributed by atoms with Gasteiger partial charge in [0, 0.05) is 0 Å². The molecule has 1 N–H and O–H groups in total. The molecule has 1 amide bonds. The van der Waals surface area contributed by atoms with Crippen LogP contribution in [0.4, 0.5) is 5.13 Å². The molecule has 0 saturated carbocycles. The SMILES string of the molecule is CCc1ccc2nc(N3C(=O)C(O)=C(C(=O)c4ccc(C)o4)[C@@H]3c3ccc(C(C)C)cc3)sc2c1. The molecule has 2 aromatic carbocycles. The molecule has 6 nitrogen and oxygen atoms in total. The zero-order chi connectivity index (χ0) is 24.9. The number of benzene rings is 2. The van der Waals surface area contributed by atoms with E-state index in [9.17, 15) is 14.7 Å². The second kappa shape index (κ2) is 8.82. The minimum Gasteiger partial charge on any atom is -0.503 e. The number of furan rings is 1. The molecule has 0 radical (unpaired) electrons. The lowest BCUT2D eigenvalue weighted by Crippen LogP contribution is -2.31. The van der Waals surface area contributed by atoms with Crippen LogP contribution >= 0.6 is 11.3 Å². The number of thiazole rings is 1. The molecule has 35 heavy (non-hydrogen) atoms. The van der Waals surface area contributed by atoms with Crippen molar-refractivity contribution in [3.63, 3.8) is 0 Å². The summed E-state index contributed by atoms with van der Waals surface area (Å²) in [5, 5.41) is 11.4. The number of Topliss-reactive ketones (excluding diaryl/α,β-unsaturated/α-hetero) is 1. The number of carbonyl (C=O) groups is 2. The van der Waals surface area contributed by atoms with Gasteiger partial charge < -0.3 is 9.52 Å². The second-order valence-corrected chi connectivity index (χ2v) is 10.1. The van der Waals surface area contributed by atoms with Crippen LogP contribution in [0.25, 0.3) is 10.2 Å². The Balaban J connectivity index is 1.66. The molecule has 178 valence electrons. The Morgan fingerprint density at radius 2 is 1.89 bits per heavy atom. The fraction of sp³-hybridized carbons (Fsp3) is 0.250. The van der Waals surface area contributed by atoms with E-state index in [1.165, 1.54) is 21.8 Å². The molecule has 1 aliphatic heterocycles. The Kier molecular flexibility index (Phi) is 5.81. The first kappa shape index (κ1) is 23.1. The standard InChI is InChI=1S/C28H26N2O4S/c1-5-17-7-12-20-22(14-17)35-28(29-20)30-24(19-10-8-18(9-11-19)15(2)3)23(26(32)27(30)33)25(31)21-13-6-16(4)34-21/h6-15,24,32H,5H2,1-4H3/t24-/m0/s1. The molecule has 1 atom stereocenters. The lowest BCUT2D eigenvalue weighted by Gasteiger charge is -2.24. The molecule has 7 heteroatoms. The molecule has 0 fully saturated rings. The molecule has 4 aromatic rings. The minimum atomic E-state index is -0.826. The Hall–Kier alpha value is -3.71. The van der Waals surface area contributed by atoms with Crippen molar-refractivity contribution in [2.75, 3.05) is 4.90 Å². The van der Waals surface area contributed by atoms with E-state index < -0.39 is 23.5 Å². The van der Waals surface area contributed by atoms with E-state index in [4.69, 9.17) is 9.40 Å². The van der Waals surface area contributed by atoms with Crippen molar-refractivity contribution in [3.05, 3.63) is 94.1 Å². The summed E-state index contributed by atoms with van der Waals surface area (Å²) < 4.78 is 6.50. The summed E-state index contributed by atoms with van der Waals surface area (Å²) in [6.45, 7) is 8.03. The number of rotatable bonds is 6. The first-order valence-corrected chi connectivity index (χ1v) is 12.5. The molecule has 2 aromatic heterocycles. The van der Waals surface area contributed by atoms with Crippen LogP contribution in [-0.2, 0) is 11.2 Å². The zero-order valence-corrected chi connectivity index (χ0v) is 20.8. The Bertz CT molecular complexity index is 1480. The van der Waals surface area contributed by atoms with E-state index in [0.717, 1.165) is 22.2 Å². The normalized spacial score (nSPS) is 16.2. The van der Waals surface area contributed by atoms with Gasteiger partial charge in [0.1, 0.15) is 5.76 Å². The number of anilines is 1. The number of carbonyl (C=O) groups excluding carboxylic acids is 2. The minimum absolute atomic E-state index is 0.00449. The maximum atomic E-state index is 13.5. The first-order valence-electron chi connectivity index (χ1n) is 11.7. The van der Waals surface area contributed by atoms with Gasteiger partial charge in [0.2, 0.25) is 5.78 Å². The van der Waals surface area contributed by atoms with Crippen molar-refractivity contribution in [1.29, 1.82) is 0 Å². The van der Waals surface area contributed by atoms with E-state index in [1.54, 1.807) is 19.1 Å². The quantitative estimate of drug-likeness (QED) is 0.308. The second-order valence-electron chi connectivity index (χ2n) is 9.05. The van der Waals surface area contributed by atoms with Crippen LogP contribution in [0, 0.1) is 6.92 Å². The van der Waals surface area contributed by atoms with Gasteiger partial charge in [-0.3, -0.25) is 14.5 Å². The molecule has 1 aliphatic rings. The number of aliphatic hydroxyl groups excluding tert-OH is 1. The summed E-state index contributed by atoms with van der Waals surface area (Å²) in [7, 11) is 0. The van der Waals surface area contributed by atoms with Gasteiger partial charge >= 0.3 is 0 Å². The first-order chi connectivity index (χ1) is 16.8. The molecule has 0 unspecified atom stereocenters. The predicted molar refractivity (Wildman–Crippen MR) is 137 cm³/mol. The smallest absolute Gasteiger partial charge is 0.296 e. The van der Waals surface area contributed by atoms with Crippen LogP contribution in [0.2, 0.25) is 0 Å². The Morgan fingerprint density at radius 3 is 2.51 bits per heavy atom. The van der Waals surface area contributed by atoms with Crippen molar-refractivity contribution in [1.82, 2.24) is 4.98 Å². The van der Waals surface area contributed by atoms with Gasteiger partial charge in [-0.05, 0) is 60.2 Å². The van der Waals surface area contributed by atoms with Crippen molar-refractivity contribution in [2.24, 2.45) is 0 Å². The van der Waals surface area contributed by atoms with Crippen LogP contribution in [-0.4, -0.2) is 21.8 Å². The number of ketones is 1. The third kappa shape index (κ3) is 3.96. The highest BCUT2D eigenvalue weighted by molar-refractivity contribution is 7.22. The van der Waals surface area contributed by atoms with Crippen LogP contribution in [0.1, 0.15) is 65.7 Å². The van der Waals surface area contributed by atoms with Crippen LogP contribution in [0.15, 0.2) is 70.3 Å². The lowest BCUT2D eigenvalue weighted by atomic mass is 9.93. The fourth-order valence-corrected chi connectivity index (χ4v) is 5.44. The summed E-state index contributed by atoms with van der Waals surface area (Å²) in [6.07, 6.45) is 0.889. The highest BCUT2D eigenvalue weighted by Gasteiger charge is 2.46. The lowest BCUT2D eigenvalue weighted by molar-refractivity contribution is -0.117. The topological polar surface area (TPSA) is 83.6 Å². The number of amides is 1. The number of aliphatic hydroxyl groups is 1. The van der Waals surface area contributed by atoms with E-state index in [0.29, 0.717) is 22.4 Å². The van der Waals surface area contributed by atoms with Gasteiger partial charge in [-0.1, -0.05) is 62.4 Å². The summed E-state index contributed by atoms with van der Waals surface area (Å²) in [4.78, 5) is 33.0. The monoisotopic (exact) mass is 486 g/mol. The molecule has 3 heterocycles. The van der Waals surface area contributed by atoms with Crippen molar-refractivity contribution in [3.8, 4) is 0 Å². The van der Waals surface area contributed by atoms with Gasteiger partial charge in [-0.25, -0.2) is 4.98 Å². The maximum Gasteiger partial charge on any atom is 0.296 e. The number of hydrogen-bond donors (Lipinski definition) is 1. The Morgan fingerprint density at radius 1 is 1.14 bits per heavy atom. The van der Waals surface area contributed by atoms with Crippen LogP contribution < -0.4 is 4.90 Å². The average molecular weight is 487 g/mol. The molecule has 0 spiro atoms. The number of aryl methyl sites for hydroxylation is 2. The molecule has 5 rings (SSSR count). The molecular formula is C28H26N2O4S. The van der Waals surface area contributed by atoms with Gasteiger partial charge in [0.05, 0.1) is 21.8 Å². The number of hydrogen-bond acceptors (Lipinski definition) is 6. The van der Waals surface area contributed by atoms with Crippen molar-refractivity contribution >= 4 is 38.4 Å². The largest absolute Gasteiger partial charge is 0.503 e. The molecule has 0 bridgehead atoms. The fourth-order valence-electron chi connectivity index (χ4n) is 4.38. The molecular weight excluding hydrogens is 460 g/mol. The summed E-state index contributed by atoms with van der Waals surface area (Å²) >= 11 is 1.37. The molecule has 0 saturated heterocycles. The van der Waals surface area contributed by atoms with Gasteiger partial charge in [-0.15, -0.1) is 0 Å². The van der Waals surface area contributed by atoms with Crippen LogP contribution in [0.3, 0.4) is 0 Å². The highest BCUT2D eigenvalue weighted by Crippen LogP contribution is 2.44. The van der Waals surface area contributed by atoms with E-state index >= 15 is 0 Å². The van der Waals surface area contributed by atoms with Gasteiger partial charge in [0.25, 0.3) is 5.91 Å². The highest BCUT2D eigenvalue weighted by atomic mass is 32.1. The van der Waals surface area contributed by atoms with E-state index in [1.807, 2.05) is 36.4 Å². The van der Waals surface area contributed by atoms with Crippen molar-refractivity contribution in [2.45, 2.75) is 46.1 Å². The van der Waals surface area contributed by atoms with E-state index in [-0.39, 0.29) is 11.3 Å². The third-order valence-electron chi connectivity index (χ3n) is 6.39. The van der Waals surface area contributed by atoms with E-state index in [2.05, 4.69) is 26.8 Å². The maximum absolute atomic E-state index is 13.5. The summed E-state index contributed by atoms with van der Waals surface area (Å²) in [5.74, 6) is -0.748. The Labute approximate surface area is 207 Å². The third-order valence-corrected chi connectivity index (χ3v) is 7.41. The number of fused-ring (bicyclic) bond motifs is 1. The predicted octanol–water partition coefficient (Wildman–Crippen LogP) is 6.67. The number of nitrogens with zero attached hydrogens (tertiary/aromatic N) is 2. The molecule has 0 aliphatic carbocycles. The van der Waals surface area contributed by atoms with Crippen LogP contribution in [0.5, 0.6) is 0 Å². The van der Waals surface area contributed by atoms with Crippen molar-refractivity contribution < 1.29 is 19.1 Å². The number of aromatic nitrogens is 1. The zero-order valence-electron chi connectivity index (χ0n) is 20.0. The summed E-state index contributed by atoms with van der Waals surface area (Å²) in [5.41, 5.74) is 3.79. The van der Waals surface area contributed by atoms with Gasteiger partial charge in [0.15, 0.2) is 16.7 Å². The average Bonchev–Trinajstić information content (AvgIpc) is 3.54.